The third kappa shape index (κ3) is 4.37. The minimum Gasteiger partial charge on any atom is -0.102 e. The minimum atomic E-state index is 0.534. The summed E-state index contributed by atoms with van der Waals surface area (Å²) in [6.45, 7) is 9.70. The highest BCUT2D eigenvalue weighted by atomic mass is 14.0. The van der Waals surface area contributed by atoms with E-state index >= 15 is 0 Å². The molecule has 0 spiro atoms. The lowest BCUT2D eigenvalue weighted by atomic mass is 10.0. The first-order valence-corrected chi connectivity index (χ1v) is 4.10. The summed E-state index contributed by atoms with van der Waals surface area (Å²) < 4.78 is 0. The van der Waals surface area contributed by atoms with Crippen LogP contribution in [0, 0.1) is 5.92 Å². The van der Waals surface area contributed by atoms with E-state index in [0.717, 1.165) is 0 Å². The molecule has 58 valence electrons. The predicted molar refractivity (Wildman–Crippen MR) is 48.0 cm³/mol. The zero-order valence-electron chi connectivity index (χ0n) is 6.97. The second-order valence-corrected chi connectivity index (χ2v) is 2.63. The average molecular weight is 138 g/mol. The molecule has 0 aliphatic heterocycles. The Labute approximate surface area is 64.6 Å². The van der Waals surface area contributed by atoms with E-state index in [2.05, 4.69) is 20.1 Å². The van der Waals surface area contributed by atoms with Gasteiger partial charge in [0.05, 0.1) is 0 Å². The monoisotopic (exact) mass is 138 g/mol. The van der Waals surface area contributed by atoms with E-state index < -0.39 is 0 Å². The van der Waals surface area contributed by atoms with E-state index in [1.54, 1.807) is 0 Å². The lowest BCUT2D eigenvalue weighted by molar-refractivity contribution is 0.612. The molecule has 0 nitrogen and oxygen atoms in total. The molecule has 0 amide bonds. The molecule has 0 aromatic carbocycles. The van der Waals surface area contributed by atoms with E-state index in [0.29, 0.717) is 5.92 Å². The fourth-order valence-electron chi connectivity index (χ4n) is 0.962. The smallest absolute Gasteiger partial charge is 0.00589 e. The van der Waals surface area contributed by atoms with Crippen molar-refractivity contribution in [1.82, 2.24) is 0 Å². The van der Waals surface area contributed by atoms with Crippen molar-refractivity contribution in [2.75, 3.05) is 0 Å². The molecule has 0 heteroatoms. The van der Waals surface area contributed by atoms with Crippen LogP contribution in [0.2, 0.25) is 0 Å². The standard InChI is InChI=1S/C10H18/c1-4-7-8-9-10(5-2)6-3/h5-6,10H,2-4,7-9H2,1H3. The van der Waals surface area contributed by atoms with Gasteiger partial charge >= 0.3 is 0 Å². The molecule has 0 aliphatic rings. The Morgan fingerprint density at radius 3 is 2.20 bits per heavy atom. The molecule has 0 radical (unpaired) electrons. The predicted octanol–water partition coefficient (Wildman–Crippen LogP) is 3.55. The topological polar surface area (TPSA) is 0 Å². The molecule has 0 aliphatic carbocycles. The molecule has 0 N–H and O–H groups in total. The third-order valence-corrected chi connectivity index (χ3v) is 1.75. The number of rotatable bonds is 6. The van der Waals surface area contributed by atoms with E-state index in [9.17, 15) is 0 Å². The summed E-state index contributed by atoms with van der Waals surface area (Å²) in [4.78, 5) is 0. The number of hydrogen-bond acceptors (Lipinski definition) is 0. The van der Waals surface area contributed by atoms with Crippen LogP contribution in [0.4, 0.5) is 0 Å². The molecule has 0 fully saturated rings. The van der Waals surface area contributed by atoms with Crippen molar-refractivity contribution in [2.24, 2.45) is 5.92 Å². The van der Waals surface area contributed by atoms with Crippen molar-refractivity contribution < 1.29 is 0 Å². The normalized spacial score (nSPS) is 9.80. The van der Waals surface area contributed by atoms with E-state index in [-0.39, 0.29) is 0 Å². The summed E-state index contributed by atoms with van der Waals surface area (Å²) >= 11 is 0. The van der Waals surface area contributed by atoms with Crippen molar-refractivity contribution in [3.63, 3.8) is 0 Å². The molecule has 0 bridgehead atoms. The molecule has 0 saturated carbocycles. The number of allylic oxidation sites excluding steroid dienone is 2. The van der Waals surface area contributed by atoms with Crippen molar-refractivity contribution in [1.29, 1.82) is 0 Å². The first kappa shape index (κ1) is 9.48. The second kappa shape index (κ2) is 6.60. The summed E-state index contributed by atoms with van der Waals surface area (Å²) in [6.07, 6.45) is 9.10. The molecule has 0 heterocycles. The first-order chi connectivity index (χ1) is 4.85. The molecule has 0 atom stereocenters. The van der Waals surface area contributed by atoms with Gasteiger partial charge in [0.15, 0.2) is 0 Å². The molecule has 0 unspecified atom stereocenters. The molecule has 10 heavy (non-hydrogen) atoms. The number of hydrogen-bond donors (Lipinski definition) is 0. The fraction of sp³-hybridized carbons (Fsp3) is 0.600. The molecular weight excluding hydrogens is 120 g/mol. The Hall–Kier alpha value is -0.520. The maximum atomic E-state index is 3.74. The Bertz CT molecular complexity index is 84.2. The van der Waals surface area contributed by atoms with Gasteiger partial charge in [-0.15, -0.1) is 13.2 Å². The third-order valence-electron chi connectivity index (χ3n) is 1.75. The van der Waals surface area contributed by atoms with Gasteiger partial charge in [-0.3, -0.25) is 0 Å². The van der Waals surface area contributed by atoms with E-state index in [1.807, 2.05) is 12.2 Å². The second-order valence-electron chi connectivity index (χ2n) is 2.63. The Balaban J connectivity index is 3.25. The van der Waals surface area contributed by atoms with Crippen molar-refractivity contribution in [3.05, 3.63) is 25.3 Å². The van der Waals surface area contributed by atoms with Gasteiger partial charge in [-0.25, -0.2) is 0 Å². The average Bonchev–Trinajstić information content (AvgIpc) is 1.99. The van der Waals surface area contributed by atoms with Crippen molar-refractivity contribution in [2.45, 2.75) is 32.6 Å². The highest BCUT2D eigenvalue weighted by Gasteiger charge is 1.95. The van der Waals surface area contributed by atoms with E-state index in [4.69, 9.17) is 0 Å². The molecule has 0 saturated heterocycles. The molecule has 0 aromatic heterocycles. The summed E-state index contributed by atoms with van der Waals surface area (Å²) in [7, 11) is 0. The lowest BCUT2D eigenvalue weighted by Crippen LogP contribution is -1.89. The van der Waals surface area contributed by atoms with Crippen LogP contribution in [0.15, 0.2) is 25.3 Å². The van der Waals surface area contributed by atoms with Gasteiger partial charge in [0.25, 0.3) is 0 Å². The quantitative estimate of drug-likeness (QED) is 0.389. The van der Waals surface area contributed by atoms with Crippen LogP contribution < -0.4 is 0 Å². The molecular formula is C10H18. The SMILES string of the molecule is C=CC(C=C)CCCCC. The Morgan fingerprint density at radius 2 is 1.80 bits per heavy atom. The summed E-state index contributed by atoms with van der Waals surface area (Å²) in [5.74, 6) is 0.534. The van der Waals surface area contributed by atoms with Gasteiger partial charge < -0.3 is 0 Å². The largest absolute Gasteiger partial charge is 0.102 e. The van der Waals surface area contributed by atoms with Gasteiger partial charge in [-0.05, 0) is 12.3 Å². The van der Waals surface area contributed by atoms with Crippen molar-refractivity contribution >= 4 is 0 Å². The van der Waals surface area contributed by atoms with Crippen LogP contribution in [0.1, 0.15) is 32.6 Å². The van der Waals surface area contributed by atoms with Gasteiger partial charge in [0.2, 0.25) is 0 Å². The van der Waals surface area contributed by atoms with Gasteiger partial charge in [0.1, 0.15) is 0 Å². The lowest BCUT2D eigenvalue weighted by Gasteiger charge is -2.04. The number of unbranched alkanes of at least 4 members (excludes halogenated alkanes) is 2. The Kier molecular flexibility index (Phi) is 6.25. The maximum Gasteiger partial charge on any atom is -0.00589 e. The minimum absolute atomic E-state index is 0.534. The highest BCUT2D eigenvalue weighted by Crippen LogP contribution is 2.10. The van der Waals surface area contributed by atoms with Crippen LogP contribution in [0.25, 0.3) is 0 Å². The fourth-order valence-corrected chi connectivity index (χ4v) is 0.962. The maximum absolute atomic E-state index is 3.74. The molecule has 0 rings (SSSR count). The summed E-state index contributed by atoms with van der Waals surface area (Å²) in [5, 5.41) is 0. The van der Waals surface area contributed by atoms with Gasteiger partial charge in [0, 0.05) is 0 Å². The van der Waals surface area contributed by atoms with Crippen molar-refractivity contribution in [3.8, 4) is 0 Å². The van der Waals surface area contributed by atoms with Crippen LogP contribution in [-0.2, 0) is 0 Å². The zero-order chi connectivity index (χ0) is 7.82. The highest BCUT2D eigenvalue weighted by molar-refractivity contribution is 4.91. The van der Waals surface area contributed by atoms with Crippen LogP contribution in [0.5, 0.6) is 0 Å². The zero-order valence-corrected chi connectivity index (χ0v) is 6.97. The van der Waals surface area contributed by atoms with Gasteiger partial charge in [-0.1, -0.05) is 38.3 Å². The van der Waals surface area contributed by atoms with Crippen LogP contribution >= 0.6 is 0 Å². The van der Waals surface area contributed by atoms with Crippen LogP contribution in [-0.4, -0.2) is 0 Å². The first-order valence-electron chi connectivity index (χ1n) is 4.10. The van der Waals surface area contributed by atoms with E-state index in [1.165, 1.54) is 25.7 Å². The Morgan fingerprint density at radius 1 is 1.20 bits per heavy atom. The van der Waals surface area contributed by atoms with Crippen LogP contribution in [0.3, 0.4) is 0 Å². The van der Waals surface area contributed by atoms with Gasteiger partial charge in [-0.2, -0.15) is 0 Å². The summed E-state index contributed by atoms with van der Waals surface area (Å²) in [6, 6.07) is 0. The molecule has 0 aromatic rings. The summed E-state index contributed by atoms with van der Waals surface area (Å²) in [5.41, 5.74) is 0.